The number of rotatable bonds is 7. The van der Waals surface area contributed by atoms with E-state index in [1.807, 2.05) is 17.5 Å². The smallest absolute Gasteiger partial charge is 0.268 e. The molecule has 0 bridgehead atoms. The molecule has 0 aliphatic carbocycles. The molecular formula is C23H21Cl2N3O4S. The van der Waals surface area contributed by atoms with E-state index in [-0.39, 0.29) is 12.5 Å². The summed E-state index contributed by atoms with van der Waals surface area (Å²) in [6.07, 6.45) is 0.0142. The number of nitrogens with one attached hydrogen (secondary N) is 1. The van der Waals surface area contributed by atoms with Gasteiger partial charge in [0.2, 0.25) is 5.91 Å². The molecular weight excluding hydrogens is 485 g/mol. The normalized spacial score (nSPS) is 15.2. The van der Waals surface area contributed by atoms with Gasteiger partial charge in [-0.15, -0.1) is 11.3 Å². The molecule has 0 fully saturated rings. The second-order valence-electron chi connectivity index (χ2n) is 7.41. The fraction of sp³-hybridized carbons (Fsp3) is 0.261. The van der Waals surface area contributed by atoms with Crippen molar-refractivity contribution in [2.45, 2.75) is 19.4 Å². The lowest BCUT2D eigenvalue weighted by molar-refractivity contribution is -0.127. The summed E-state index contributed by atoms with van der Waals surface area (Å²) >= 11 is 13.6. The summed E-state index contributed by atoms with van der Waals surface area (Å²) in [5.74, 6) is -0.178. The van der Waals surface area contributed by atoms with Crippen LogP contribution in [0.25, 0.3) is 11.3 Å². The van der Waals surface area contributed by atoms with E-state index in [0.29, 0.717) is 33.8 Å². The molecule has 2 heterocycles. The molecule has 1 aromatic heterocycles. The van der Waals surface area contributed by atoms with Gasteiger partial charge in [0.1, 0.15) is 12.3 Å². The maximum Gasteiger partial charge on any atom is 0.268 e. The topological polar surface area (TPSA) is 80.8 Å². The van der Waals surface area contributed by atoms with Crippen LogP contribution in [0, 0.1) is 0 Å². The molecule has 33 heavy (non-hydrogen) atoms. The summed E-state index contributed by atoms with van der Waals surface area (Å²) in [4.78, 5) is 31.8. The van der Waals surface area contributed by atoms with Crippen molar-refractivity contribution in [1.82, 2.24) is 4.98 Å². The number of amides is 2. The van der Waals surface area contributed by atoms with Gasteiger partial charge in [-0.2, -0.15) is 0 Å². The van der Waals surface area contributed by atoms with E-state index in [9.17, 15) is 9.59 Å². The average Bonchev–Trinajstić information content (AvgIpc) is 3.26. The Morgan fingerprint density at radius 1 is 1.27 bits per heavy atom. The quantitative estimate of drug-likeness (QED) is 0.485. The summed E-state index contributed by atoms with van der Waals surface area (Å²) in [5.41, 5.74) is 2.54. The zero-order valence-electron chi connectivity index (χ0n) is 17.9. The SMILES string of the molecule is COCCc1nc(-c2ccc3c(c2)N(CC(=O)Nc2ccc(Cl)cc2Cl)C(=O)C(C)O3)cs1. The molecule has 3 aromatic rings. The van der Waals surface area contributed by atoms with E-state index in [2.05, 4.69) is 10.3 Å². The average molecular weight is 506 g/mol. The molecule has 1 aliphatic rings. The molecule has 10 heteroatoms. The molecule has 1 atom stereocenters. The number of methoxy groups -OCH3 is 1. The minimum Gasteiger partial charge on any atom is -0.479 e. The van der Waals surface area contributed by atoms with Crippen molar-refractivity contribution in [3.63, 3.8) is 0 Å². The highest BCUT2D eigenvalue weighted by atomic mass is 35.5. The van der Waals surface area contributed by atoms with Gasteiger partial charge < -0.3 is 14.8 Å². The molecule has 0 radical (unpaired) electrons. The summed E-state index contributed by atoms with van der Waals surface area (Å²) in [6, 6.07) is 10.3. The second-order valence-corrected chi connectivity index (χ2v) is 9.19. The Bertz CT molecular complexity index is 1200. The third-order valence-corrected chi connectivity index (χ3v) is 6.50. The molecule has 4 rings (SSSR count). The van der Waals surface area contributed by atoms with Gasteiger partial charge in [0.05, 0.1) is 33.7 Å². The third-order valence-electron chi connectivity index (χ3n) is 5.04. The van der Waals surface area contributed by atoms with E-state index in [4.69, 9.17) is 32.7 Å². The van der Waals surface area contributed by atoms with Crippen LogP contribution in [-0.4, -0.2) is 43.2 Å². The van der Waals surface area contributed by atoms with Crippen LogP contribution in [0.1, 0.15) is 11.9 Å². The molecule has 172 valence electrons. The van der Waals surface area contributed by atoms with E-state index < -0.39 is 12.0 Å². The molecule has 1 unspecified atom stereocenters. The fourth-order valence-electron chi connectivity index (χ4n) is 3.40. The van der Waals surface area contributed by atoms with Gasteiger partial charge in [-0.1, -0.05) is 23.2 Å². The van der Waals surface area contributed by atoms with Crippen molar-refractivity contribution in [2.75, 3.05) is 30.5 Å². The van der Waals surface area contributed by atoms with E-state index in [0.717, 1.165) is 22.7 Å². The maximum absolute atomic E-state index is 12.9. The van der Waals surface area contributed by atoms with Crippen LogP contribution >= 0.6 is 34.5 Å². The lowest BCUT2D eigenvalue weighted by Gasteiger charge is -2.32. The number of fused-ring (bicyclic) bond motifs is 1. The fourth-order valence-corrected chi connectivity index (χ4v) is 4.65. The molecule has 0 saturated heterocycles. The van der Waals surface area contributed by atoms with Crippen LogP contribution in [0.2, 0.25) is 10.0 Å². The van der Waals surface area contributed by atoms with Gasteiger partial charge >= 0.3 is 0 Å². The van der Waals surface area contributed by atoms with Gasteiger partial charge in [-0.05, 0) is 43.3 Å². The number of carbonyl (C=O) groups is 2. The predicted octanol–water partition coefficient (Wildman–Crippen LogP) is 5.06. The highest BCUT2D eigenvalue weighted by Crippen LogP contribution is 2.38. The van der Waals surface area contributed by atoms with Crippen LogP contribution in [0.3, 0.4) is 0 Å². The third kappa shape index (κ3) is 5.30. The lowest BCUT2D eigenvalue weighted by Crippen LogP contribution is -2.47. The van der Waals surface area contributed by atoms with Crippen LogP contribution in [0.4, 0.5) is 11.4 Å². The first-order valence-electron chi connectivity index (χ1n) is 10.2. The Balaban J connectivity index is 1.58. The largest absolute Gasteiger partial charge is 0.479 e. The summed E-state index contributed by atoms with van der Waals surface area (Å²) in [6.45, 7) is 2.05. The zero-order valence-corrected chi connectivity index (χ0v) is 20.3. The molecule has 2 amide bonds. The molecule has 2 aromatic carbocycles. The Hall–Kier alpha value is -2.65. The highest BCUT2D eigenvalue weighted by molar-refractivity contribution is 7.09. The van der Waals surface area contributed by atoms with Gasteiger partial charge in [0, 0.05) is 29.5 Å². The van der Waals surface area contributed by atoms with Gasteiger partial charge in [0.15, 0.2) is 6.10 Å². The monoisotopic (exact) mass is 505 g/mol. The number of halogens is 2. The van der Waals surface area contributed by atoms with Gasteiger partial charge in [-0.3, -0.25) is 14.5 Å². The van der Waals surface area contributed by atoms with Crippen molar-refractivity contribution in [3.8, 4) is 17.0 Å². The number of ether oxygens (including phenoxy) is 2. The Labute approximate surface area is 205 Å². The van der Waals surface area contributed by atoms with E-state index in [1.54, 1.807) is 43.6 Å². The number of carbonyl (C=O) groups excluding carboxylic acids is 2. The van der Waals surface area contributed by atoms with E-state index in [1.165, 1.54) is 11.0 Å². The first kappa shape index (κ1) is 23.5. The highest BCUT2D eigenvalue weighted by Gasteiger charge is 2.33. The van der Waals surface area contributed by atoms with Crippen molar-refractivity contribution in [2.24, 2.45) is 0 Å². The number of benzene rings is 2. The number of nitrogens with zero attached hydrogens (tertiary/aromatic N) is 2. The lowest BCUT2D eigenvalue weighted by atomic mass is 10.1. The molecule has 1 aliphatic heterocycles. The van der Waals surface area contributed by atoms with Crippen molar-refractivity contribution < 1.29 is 19.1 Å². The van der Waals surface area contributed by atoms with Gasteiger partial charge in [-0.25, -0.2) is 4.98 Å². The van der Waals surface area contributed by atoms with Crippen LogP contribution in [0.15, 0.2) is 41.8 Å². The molecule has 0 spiro atoms. The Morgan fingerprint density at radius 2 is 2.09 bits per heavy atom. The molecule has 0 saturated carbocycles. The standard InChI is InChI=1S/C23H21Cl2N3O4S/c1-13-23(30)28(11-21(29)26-17-5-4-15(24)10-16(17)25)19-9-14(3-6-20(19)32-13)18-12-33-22(27-18)7-8-31-2/h3-6,9-10,12-13H,7-8,11H2,1-2H3,(H,26,29). The molecule has 7 nitrogen and oxygen atoms in total. The first-order chi connectivity index (χ1) is 15.9. The second kappa shape index (κ2) is 10.1. The maximum atomic E-state index is 12.9. The van der Waals surface area contributed by atoms with Crippen molar-refractivity contribution in [3.05, 3.63) is 56.8 Å². The Kier molecular flexibility index (Phi) is 7.19. The molecule has 1 N–H and O–H groups in total. The number of hydrogen-bond donors (Lipinski definition) is 1. The zero-order chi connectivity index (χ0) is 23.5. The number of hydrogen-bond acceptors (Lipinski definition) is 6. The first-order valence-corrected chi connectivity index (χ1v) is 11.8. The van der Waals surface area contributed by atoms with Crippen molar-refractivity contribution >= 4 is 57.7 Å². The number of anilines is 2. The van der Waals surface area contributed by atoms with Gasteiger partial charge in [0.25, 0.3) is 5.91 Å². The summed E-state index contributed by atoms with van der Waals surface area (Å²) in [5, 5.41) is 6.43. The minimum absolute atomic E-state index is 0.196. The number of aromatic nitrogens is 1. The van der Waals surface area contributed by atoms with E-state index >= 15 is 0 Å². The predicted molar refractivity (Wildman–Crippen MR) is 131 cm³/mol. The van der Waals surface area contributed by atoms with Crippen LogP contribution < -0.4 is 15.0 Å². The minimum atomic E-state index is -0.713. The summed E-state index contributed by atoms with van der Waals surface area (Å²) in [7, 11) is 1.65. The Morgan fingerprint density at radius 3 is 2.85 bits per heavy atom. The van der Waals surface area contributed by atoms with Crippen LogP contribution in [0.5, 0.6) is 5.75 Å². The number of thiazole rings is 1. The van der Waals surface area contributed by atoms with Crippen LogP contribution in [-0.2, 0) is 20.7 Å². The van der Waals surface area contributed by atoms with Crippen molar-refractivity contribution in [1.29, 1.82) is 0 Å². The summed E-state index contributed by atoms with van der Waals surface area (Å²) < 4.78 is 10.9.